The van der Waals surface area contributed by atoms with Crippen molar-refractivity contribution in [2.75, 3.05) is 0 Å². The van der Waals surface area contributed by atoms with E-state index in [1.165, 1.54) is 0 Å². The van der Waals surface area contributed by atoms with E-state index >= 15 is 0 Å². The summed E-state index contributed by atoms with van der Waals surface area (Å²) in [6.07, 6.45) is -2.09. The molecular formula is C11H17F2NO3. The second-order valence-corrected chi connectivity index (χ2v) is 4.79. The van der Waals surface area contributed by atoms with Crippen molar-refractivity contribution in [2.45, 2.75) is 45.6 Å². The van der Waals surface area contributed by atoms with Crippen molar-refractivity contribution in [1.82, 2.24) is 5.32 Å². The maximum atomic E-state index is 12.1. The zero-order valence-electron chi connectivity index (χ0n) is 9.87. The Labute approximate surface area is 98.4 Å². The van der Waals surface area contributed by atoms with E-state index in [0.717, 1.165) is 6.42 Å². The van der Waals surface area contributed by atoms with Gasteiger partial charge in [-0.2, -0.15) is 0 Å². The van der Waals surface area contributed by atoms with E-state index in [0.29, 0.717) is 6.42 Å². The minimum absolute atomic E-state index is 0.0992. The molecule has 3 atom stereocenters. The van der Waals surface area contributed by atoms with Crippen molar-refractivity contribution < 1.29 is 23.5 Å². The zero-order valence-corrected chi connectivity index (χ0v) is 9.87. The van der Waals surface area contributed by atoms with Crippen LogP contribution in [0.1, 0.15) is 33.1 Å². The number of carbonyl (C=O) groups excluding carboxylic acids is 1. The van der Waals surface area contributed by atoms with Gasteiger partial charge in [-0.15, -0.1) is 0 Å². The highest BCUT2D eigenvalue weighted by Crippen LogP contribution is 2.54. The molecule has 0 radical (unpaired) electrons. The molecule has 0 bridgehead atoms. The third-order valence-corrected chi connectivity index (χ3v) is 3.50. The van der Waals surface area contributed by atoms with Crippen LogP contribution in [-0.2, 0) is 9.59 Å². The average molecular weight is 249 g/mol. The van der Waals surface area contributed by atoms with E-state index in [1.807, 2.05) is 13.8 Å². The summed E-state index contributed by atoms with van der Waals surface area (Å²) in [6.45, 7) is 3.88. The maximum absolute atomic E-state index is 12.1. The van der Waals surface area contributed by atoms with Crippen molar-refractivity contribution in [3.8, 4) is 0 Å². The summed E-state index contributed by atoms with van der Waals surface area (Å²) in [5.74, 6) is -2.09. The highest BCUT2D eigenvalue weighted by Gasteiger charge is 2.53. The molecule has 0 saturated heterocycles. The Morgan fingerprint density at radius 2 is 2.12 bits per heavy atom. The predicted molar refractivity (Wildman–Crippen MR) is 56.7 cm³/mol. The lowest BCUT2D eigenvalue weighted by Gasteiger charge is -2.15. The molecule has 0 spiro atoms. The fourth-order valence-corrected chi connectivity index (χ4v) is 1.88. The van der Waals surface area contributed by atoms with E-state index in [2.05, 4.69) is 5.32 Å². The smallest absolute Gasteiger partial charge is 0.326 e. The normalized spacial score (nSPS) is 28.9. The Morgan fingerprint density at radius 3 is 2.47 bits per heavy atom. The van der Waals surface area contributed by atoms with Crippen molar-refractivity contribution >= 4 is 11.9 Å². The molecule has 1 aliphatic rings. The summed E-state index contributed by atoms with van der Waals surface area (Å²) in [4.78, 5) is 22.4. The molecule has 0 heterocycles. The lowest BCUT2D eigenvalue weighted by molar-refractivity contribution is -0.143. The second-order valence-electron chi connectivity index (χ2n) is 4.79. The standard InChI is InChI=1S/C11H17F2NO3/c1-3-11(2)5-6(11)9(15)14-7(10(16)17)4-8(12)13/h6-8H,3-5H2,1-2H3,(H,14,15)(H,16,17). The van der Waals surface area contributed by atoms with Gasteiger partial charge >= 0.3 is 5.97 Å². The minimum atomic E-state index is -2.74. The van der Waals surface area contributed by atoms with Crippen LogP contribution in [0, 0.1) is 11.3 Å². The number of amides is 1. The Hall–Kier alpha value is -1.20. The van der Waals surface area contributed by atoms with Crippen LogP contribution in [0.2, 0.25) is 0 Å². The Balaban J connectivity index is 2.52. The molecule has 0 aromatic rings. The van der Waals surface area contributed by atoms with Crippen molar-refractivity contribution in [1.29, 1.82) is 0 Å². The lowest BCUT2D eigenvalue weighted by atomic mass is 10.0. The number of carbonyl (C=O) groups is 2. The number of aliphatic carboxylic acids is 1. The van der Waals surface area contributed by atoms with Crippen molar-refractivity contribution in [3.05, 3.63) is 0 Å². The number of carboxylic acid groups (broad SMARTS) is 1. The summed E-state index contributed by atoms with van der Waals surface area (Å²) >= 11 is 0. The molecule has 2 N–H and O–H groups in total. The van der Waals surface area contributed by atoms with Gasteiger partial charge in [0.15, 0.2) is 0 Å². The van der Waals surface area contributed by atoms with E-state index in [9.17, 15) is 18.4 Å². The van der Waals surface area contributed by atoms with E-state index in [1.54, 1.807) is 0 Å². The van der Waals surface area contributed by atoms with Crippen LogP contribution in [-0.4, -0.2) is 29.5 Å². The van der Waals surface area contributed by atoms with Crippen LogP contribution >= 0.6 is 0 Å². The predicted octanol–water partition coefficient (Wildman–Crippen LogP) is 1.65. The Bertz CT molecular complexity index is 322. The molecule has 17 heavy (non-hydrogen) atoms. The quantitative estimate of drug-likeness (QED) is 0.752. The SMILES string of the molecule is CCC1(C)CC1C(=O)NC(CC(F)F)C(=O)O. The number of alkyl halides is 2. The first-order valence-corrected chi connectivity index (χ1v) is 5.61. The van der Waals surface area contributed by atoms with Crippen molar-refractivity contribution in [3.63, 3.8) is 0 Å². The summed E-state index contributed by atoms with van der Waals surface area (Å²) in [7, 11) is 0. The number of hydrogen-bond donors (Lipinski definition) is 2. The Morgan fingerprint density at radius 1 is 1.53 bits per heavy atom. The highest BCUT2D eigenvalue weighted by molar-refractivity contribution is 5.87. The third kappa shape index (κ3) is 3.38. The van der Waals surface area contributed by atoms with Gasteiger partial charge in [0.2, 0.25) is 12.3 Å². The molecule has 1 amide bonds. The largest absolute Gasteiger partial charge is 0.480 e. The summed E-state index contributed by atoms with van der Waals surface area (Å²) in [5.41, 5.74) is -0.0992. The van der Waals surface area contributed by atoms with Crippen LogP contribution in [0.25, 0.3) is 0 Å². The van der Waals surface area contributed by atoms with Gasteiger partial charge in [0.25, 0.3) is 0 Å². The van der Waals surface area contributed by atoms with Crippen LogP contribution in [0.4, 0.5) is 8.78 Å². The van der Waals surface area contributed by atoms with Crippen molar-refractivity contribution in [2.24, 2.45) is 11.3 Å². The van der Waals surface area contributed by atoms with Crippen LogP contribution in [0.3, 0.4) is 0 Å². The number of nitrogens with one attached hydrogen (secondary N) is 1. The van der Waals surface area contributed by atoms with E-state index < -0.39 is 30.8 Å². The first-order valence-electron chi connectivity index (χ1n) is 5.61. The van der Waals surface area contributed by atoms with Gasteiger partial charge < -0.3 is 10.4 Å². The van der Waals surface area contributed by atoms with E-state index in [-0.39, 0.29) is 11.3 Å². The molecule has 0 aromatic heterocycles. The lowest BCUT2D eigenvalue weighted by Crippen LogP contribution is -2.43. The van der Waals surface area contributed by atoms with Gasteiger partial charge in [0.05, 0.1) is 0 Å². The number of hydrogen-bond acceptors (Lipinski definition) is 2. The summed E-state index contributed by atoms with van der Waals surface area (Å²) < 4.78 is 24.2. The number of halogens is 2. The molecule has 98 valence electrons. The summed E-state index contributed by atoms with van der Waals surface area (Å²) in [5, 5.41) is 10.9. The van der Waals surface area contributed by atoms with Gasteiger partial charge in [-0.3, -0.25) is 4.79 Å². The van der Waals surface area contributed by atoms with E-state index in [4.69, 9.17) is 5.11 Å². The van der Waals surface area contributed by atoms with Gasteiger partial charge in [-0.05, 0) is 18.3 Å². The maximum Gasteiger partial charge on any atom is 0.326 e. The monoisotopic (exact) mass is 249 g/mol. The molecule has 0 aromatic carbocycles. The molecule has 1 rings (SSSR count). The number of carboxylic acids is 1. The van der Waals surface area contributed by atoms with Gasteiger partial charge in [-0.25, -0.2) is 13.6 Å². The molecule has 1 fully saturated rings. The molecule has 0 aliphatic heterocycles. The molecular weight excluding hydrogens is 232 g/mol. The first-order chi connectivity index (χ1) is 7.80. The molecule has 3 unspecified atom stereocenters. The molecule has 4 nitrogen and oxygen atoms in total. The zero-order chi connectivity index (χ0) is 13.2. The Kier molecular flexibility index (Phi) is 4.06. The third-order valence-electron chi connectivity index (χ3n) is 3.50. The number of rotatable bonds is 6. The minimum Gasteiger partial charge on any atom is -0.480 e. The topological polar surface area (TPSA) is 66.4 Å². The highest BCUT2D eigenvalue weighted by atomic mass is 19.3. The fraction of sp³-hybridized carbons (Fsp3) is 0.818. The molecule has 1 aliphatic carbocycles. The first kappa shape index (κ1) is 13.9. The van der Waals surface area contributed by atoms with Gasteiger partial charge in [-0.1, -0.05) is 13.8 Å². The second kappa shape index (κ2) is 4.98. The molecule has 1 saturated carbocycles. The van der Waals surface area contributed by atoms with Gasteiger partial charge in [0.1, 0.15) is 6.04 Å². The fourth-order valence-electron chi connectivity index (χ4n) is 1.88. The van der Waals surface area contributed by atoms with Crippen LogP contribution in [0.15, 0.2) is 0 Å². The average Bonchev–Trinajstić information content (AvgIpc) is 2.90. The van der Waals surface area contributed by atoms with Crippen LogP contribution < -0.4 is 5.32 Å². The molecule has 6 heteroatoms. The summed E-state index contributed by atoms with van der Waals surface area (Å²) in [6, 6.07) is -1.50. The van der Waals surface area contributed by atoms with Crippen LogP contribution in [0.5, 0.6) is 0 Å². The van der Waals surface area contributed by atoms with Gasteiger partial charge in [0, 0.05) is 12.3 Å².